The number of carbonyl (C=O) groups excluding carboxylic acids is 3. The highest BCUT2D eigenvalue weighted by atomic mass is 32.1. The second-order valence-corrected chi connectivity index (χ2v) is 11.8. The third kappa shape index (κ3) is 5.52. The van der Waals surface area contributed by atoms with Gasteiger partial charge in [0.1, 0.15) is 23.7 Å². The maximum atomic E-state index is 14.9. The minimum Gasteiger partial charge on any atom is -0.350 e. The number of thiazole rings is 1. The minimum atomic E-state index is -1.51. The van der Waals surface area contributed by atoms with Crippen molar-refractivity contribution in [2.24, 2.45) is 10.8 Å². The Kier molecular flexibility index (Phi) is 7.38. The number of amides is 3. The molecule has 2 N–H and O–H groups in total. The van der Waals surface area contributed by atoms with Crippen LogP contribution in [0.2, 0.25) is 0 Å². The van der Waals surface area contributed by atoms with E-state index in [-0.39, 0.29) is 19.5 Å². The van der Waals surface area contributed by atoms with E-state index in [4.69, 9.17) is 0 Å². The van der Waals surface area contributed by atoms with Crippen molar-refractivity contribution in [2.75, 3.05) is 6.54 Å². The molecule has 1 aromatic carbocycles. The van der Waals surface area contributed by atoms with Gasteiger partial charge in [-0.1, -0.05) is 45.0 Å². The monoisotopic (exact) mass is 525 g/mol. The molecule has 3 atom stereocenters. The van der Waals surface area contributed by atoms with E-state index in [0.29, 0.717) is 12.8 Å². The summed E-state index contributed by atoms with van der Waals surface area (Å²) in [5.41, 5.74) is 2.83. The molecule has 2 aliphatic rings. The lowest BCUT2D eigenvalue weighted by atomic mass is 9.85. The van der Waals surface area contributed by atoms with Crippen LogP contribution in [0.25, 0.3) is 10.4 Å². The van der Waals surface area contributed by atoms with E-state index in [0.717, 1.165) is 21.7 Å². The number of likely N-dealkylation sites (tertiary alicyclic amines) is 1. The van der Waals surface area contributed by atoms with Crippen molar-refractivity contribution in [3.05, 3.63) is 41.0 Å². The zero-order valence-electron chi connectivity index (χ0n) is 21.5. The Labute approximate surface area is 220 Å². The van der Waals surface area contributed by atoms with Crippen molar-refractivity contribution < 1.29 is 18.8 Å². The van der Waals surface area contributed by atoms with E-state index in [1.807, 2.05) is 37.3 Å². The number of benzene rings is 1. The van der Waals surface area contributed by atoms with Crippen LogP contribution in [-0.2, 0) is 20.9 Å². The van der Waals surface area contributed by atoms with E-state index in [1.54, 1.807) is 37.6 Å². The van der Waals surface area contributed by atoms with E-state index >= 15 is 0 Å². The highest BCUT2D eigenvalue weighted by Gasteiger charge is 2.53. The Morgan fingerprint density at radius 2 is 1.95 bits per heavy atom. The van der Waals surface area contributed by atoms with Gasteiger partial charge in [-0.05, 0) is 42.7 Å². The van der Waals surface area contributed by atoms with Crippen LogP contribution in [0.3, 0.4) is 0 Å². The second kappa shape index (κ2) is 10.2. The Balaban J connectivity index is 1.43. The summed E-state index contributed by atoms with van der Waals surface area (Å²) < 4.78 is 14.9. The summed E-state index contributed by atoms with van der Waals surface area (Å²) in [4.78, 5) is 45.9. The van der Waals surface area contributed by atoms with Crippen LogP contribution >= 0.6 is 11.3 Å². The van der Waals surface area contributed by atoms with Gasteiger partial charge >= 0.3 is 0 Å². The normalized spacial score (nSPS) is 21.1. The summed E-state index contributed by atoms with van der Waals surface area (Å²) in [7, 11) is 0. The maximum Gasteiger partial charge on any atom is 0.246 e. The lowest BCUT2D eigenvalue weighted by Gasteiger charge is -2.36. The molecule has 8 nitrogen and oxygen atoms in total. The average molecular weight is 526 g/mol. The number of halogens is 1. The lowest BCUT2D eigenvalue weighted by Crippen LogP contribution is -2.59. The smallest absolute Gasteiger partial charge is 0.246 e. The number of hydrogen-bond donors (Lipinski definition) is 2. The zero-order valence-corrected chi connectivity index (χ0v) is 22.3. The van der Waals surface area contributed by atoms with Gasteiger partial charge in [-0.15, -0.1) is 11.3 Å². The molecule has 4 rings (SSSR count). The van der Waals surface area contributed by atoms with Crippen LogP contribution in [0.5, 0.6) is 0 Å². The topological polar surface area (TPSA) is 115 Å². The molecule has 0 unspecified atom stereocenters. The molecule has 1 saturated heterocycles. The Morgan fingerprint density at radius 1 is 1.27 bits per heavy atom. The number of aryl methyl sites for hydroxylation is 1. The van der Waals surface area contributed by atoms with Crippen molar-refractivity contribution in [2.45, 2.75) is 71.8 Å². The van der Waals surface area contributed by atoms with Crippen LogP contribution in [0.15, 0.2) is 29.8 Å². The van der Waals surface area contributed by atoms with Crippen molar-refractivity contribution >= 4 is 29.1 Å². The first-order valence-corrected chi connectivity index (χ1v) is 13.3. The highest BCUT2D eigenvalue weighted by Crippen LogP contribution is 2.45. The Hall–Kier alpha value is -3.32. The number of carbonyl (C=O) groups is 3. The fourth-order valence-corrected chi connectivity index (χ4v) is 5.36. The van der Waals surface area contributed by atoms with Crippen LogP contribution in [-0.4, -0.2) is 52.4 Å². The summed E-state index contributed by atoms with van der Waals surface area (Å²) in [6.45, 7) is 7.58. The van der Waals surface area contributed by atoms with Gasteiger partial charge in [-0.2, -0.15) is 5.26 Å². The third-order valence-corrected chi connectivity index (χ3v) is 8.07. The second-order valence-electron chi connectivity index (χ2n) is 10.9. The van der Waals surface area contributed by atoms with Crippen LogP contribution in [0, 0.1) is 29.1 Å². The number of nitrogens with one attached hydrogen (secondary N) is 2. The Bertz CT molecular complexity index is 1230. The fraction of sp³-hybridized carbons (Fsp3) is 0.519. The SMILES string of the molecule is Cc1ncsc1-c1ccc(CNC(=O)[C@@H]2[C@@H](F)CCN2C(=O)[C@@H](NC(=O)C2(C#N)CC2)C(C)(C)C)cc1. The van der Waals surface area contributed by atoms with Gasteiger partial charge in [-0.25, -0.2) is 9.37 Å². The summed E-state index contributed by atoms with van der Waals surface area (Å²) in [5.74, 6) is -1.58. The quantitative estimate of drug-likeness (QED) is 0.574. The van der Waals surface area contributed by atoms with Gasteiger partial charge in [0.05, 0.1) is 22.2 Å². The zero-order chi connectivity index (χ0) is 27.0. The van der Waals surface area contributed by atoms with Crippen LogP contribution in [0.1, 0.15) is 51.3 Å². The number of alkyl halides is 1. The number of hydrogen-bond acceptors (Lipinski definition) is 6. The standard InChI is InChI=1S/C27H32FN5O3S/c1-16-21(37-15-31-16)18-7-5-17(6-8-18)13-30-23(34)20-19(28)9-12-33(20)24(35)22(26(2,3)4)32-25(36)27(14-29)10-11-27/h5-8,15,19-20,22H,9-13H2,1-4H3,(H,30,34)(H,32,36)/t19-,20-,22+/m0/s1. The molecule has 1 aliphatic carbocycles. The molecule has 196 valence electrons. The fourth-order valence-electron chi connectivity index (χ4n) is 4.55. The van der Waals surface area contributed by atoms with E-state index in [9.17, 15) is 24.0 Å². The molecule has 2 aromatic rings. The molecule has 3 amide bonds. The van der Waals surface area contributed by atoms with Gasteiger partial charge in [0.15, 0.2) is 0 Å². The number of rotatable bonds is 7. The molecule has 1 aliphatic heterocycles. The van der Waals surface area contributed by atoms with E-state index in [2.05, 4.69) is 15.6 Å². The molecular formula is C27H32FN5O3S. The molecule has 1 aromatic heterocycles. The van der Waals surface area contributed by atoms with Gasteiger partial charge in [-0.3, -0.25) is 14.4 Å². The van der Waals surface area contributed by atoms with Crippen LogP contribution in [0.4, 0.5) is 4.39 Å². The molecule has 0 bridgehead atoms. The van der Waals surface area contributed by atoms with Crippen LogP contribution < -0.4 is 10.6 Å². The molecule has 2 heterocycles. The van der Waals surface area contributed by atoms with Crippen molar-refractivity contribution in [1.82, 2.24) is 20.5 Å². The largest absolute Gasteiger partial charge is 0.350 e. The summed E-state index contributed by atoms with van der Waals surface area (Å²) in [6.07, 6.45) is -0.565. The first-order chi connectivity index (χ1) is 17.5. The lowest BCUT2D eigenvalue weighted by molar-refractivity contribution is -0.145. The highest BCUT2D eigenvalue weighted by molar-refractivity contribution is 7.13. The molecular weight excluding hydrogens is 493 g/mol. The van der Waals surface area contributed by atoms with Gasteiger partial charge in [0.25, 0.3) is 0 Å². The predicted molar refractivity (Wildman–Crippen MR) is 138 cm³/mol. The first kappa shape index (κ1) is 26.7. The molecule has 37 heavy (non-hydrogen) atoms. The first-order valence-electron chi connectivity index (χ1n) is 12.4. The summed E-state index contributed by atoms with van der Waals surface area (Å²) in [5, 5.41) is 14.9. The summed E-state index contributed by atoms with van der Waals surface area (Å²) >= 11 is 1.56. The number of nitriles is 1. The molecule has 10 heteroatoms. The molecule has 2 fully saturated rings. The maximum absolute atomic E-state index is 14.9. The van der Waals surface area contributed by atoms with E-state index < -0.39 is 46.8 Å². The third-order valence-electron chi connectivity index (χ3n) is 7.09. The average Bonchev–Trinajstić information content (AvgIpc) is 3.40. The van der Waals surface area contributed by atoms with Gasteiger partial charge < -0.3 is 15.5 Å². The van der Waals surface area contributed by atoms with Crippen molar-refractivity contribution in [1.29, 1.82) is 5.26 Å². The molecule has 0 spiro atoms. The summed E-state index contributed by atoms with van der Waals surface area (Å²) in [6, 6.07) is 7.46. The Morgan fingerprint density at radius 3 is 2.49 bits per heavy atom. The molecule has 1 saturated carbocycles. The van der Waals surface area contributed by atoms with E-state index in [1.165, 1.54) is 4.90 Å². The van der Waals surface area contributed by atoms with Crippen molar-refractivity contribution in [3.8, 4) is 16.5 Å². The predicted octanol–water partition coefficient (Wildman–Crippen LogP) is 3.51. The molecule has 0 radical (unpaired) electrons. The number of nitrogens with zero attached hydrogens (tertiary/aromatic N) is 3. The van der Waals surface area contributed by atoms with Crippen molar-refractivity contribution in [3.63, 3.8) is 0 Å². The number of aromatic nitrogens is 1. The minimum absolute atomic E-state index is 0.0413. The van der Waals surface area contributed by atoms with Gasteiger partial charge in [0.2, 0.25) is 17.7 Å². The van der Waals surface area contributed by atoms with Gasteiger partial charge in [0, 0.05) is 13.1 Å².